The van der Waals surface area contributed by atoms with Crippen LogP contribution in [0.3, 0.4) is 0 Å². The summed E-state index contributed by atoms with van der Waals surface area (Å²) in [4.78, 5) is 0. The lowest BCUT2D eigenvalue weighted by molar-refractivity contribution is 0.465. The highest BCUT2D eigenvalue weighted by atomic mass is 16.5. The number of benzene rings is 5. The van der Waals surface area contributed by atoms with Crippen molar-refractivity contribution in [3.63, 3.8) is 0 Å². The third-order valence-corrected chi connectivity index (χ3v) is 8.22. The van der Waals surface area contributed by atoms with Crippen LogP contribution in [-0.4, -0.2) is 6.71 Å². The predicted octanol–water partition coefficient (Wildman–Crippen LogP) is 8.28. The maximum Gasteiger partial charge on any atom is 0.260 e. The standard InChI is InChI=1S/C38H29BO2/c1-4-5-12-25(2)26(3)29-17-20-33-36(23-29)41-38-31(28-15-10-7-11-16-28)19-22-34-37(38)39(33)32-21-18-30(24-35(32)40-34)27-13-8-6-9-14-27/h4-24H,1H2,2-3H3/b12-5-,26-25+. The second-order valence-electron chi connectivity index (χ2n) is 10.6. The van der Waals surface area contributed by atoms with Crippen LogP contribution in [0.2, 0.25) is 0 Å². The molecule has 2 heterocycles. The zero-order chi connectivity index (χ0) is 27.9. The second-order valence-corrected chi connectivity index (χ2v) is 10.6. The monoisotopic (exact) mass is 528 g/mol. The van der Waals surface area contributed by atoms with E-state index in [4.69, 9.17) is 9.47 Å². The van der Waals surface area contributed by atoms with Gasteiger partial charge in [-0.2, -0.15) is 0 Å². The smallest absolute Gasteiger partial charge is 0.260 e. The van der Waals surface area contributed by atoms with Crippen LogP contribution in [0.25, 0.3) is 27.8 Å². The molecule has 5 aromatic rings. The maximum absolute atomic E-state index is 6.83. The Bertz CT molecular complexity index is 1870. The number of hydrogen-bond acceptors (Lipinski definition) is 2. The summed E-state index contributed by atoms with van der Waals surface area (Å²) in [7, 11) is 0. The van der Waals surface area contributed by atoms with E-state index >= 15 is 0 Å². The van der Waals surface area contributed by atoms with E-state index in [-0.39, 0.29) is 6.71 Å². The fourth-order valence-electron chi connectivity index (χ4n) is 5.94. The highest BCUT2D eigenvalue weighted by molar-refractivity contribution is 6.98. The Morgan fingerprint density at radius 3 is 2.07 bits per heavy atom. The quantitative estimate of drug-likeness (QED) is 0.165. The maximum atomic E-state index is 6.83. The molecule has 0 saturated heterocycles. The van der Waals surface area contributed by atoms with E-state index in [0.717, 1.165) is 61.6 Å². The van der Waals surface area contributed by atoms with Gasteiger partial charge in [-0.15, -0.1) is 0 Å². The van der Waals surface area contributed by atoms with Crippen LogP contribution in [0.4, 0.5) is 0 Å². The van der Waals surface area contributed by atoms with Gasteiger partial charge in [0.05, 0.1) is 0 Å². The van der Waals surface area contributed by atoms with E-state index < -0.39 is 0 Å². The summed E-state index contributed by atoms with van der Waals surface area (Å²) < 4.78 is 13.5. The molecule has 0 saturated carbocycles. The average molecular weight is 528 g/mol. The van der Waals surface area contributed by atoms with Gasteiger partial charge in [0.2, 0.25) is 0 Å². The lowest BCUT2D eigenvalue weighted by Crippen LogP contribution is -2.57. The van der Waals surface area contributed by atoms with Gasteiger partial charge < -0.3 is 9.47 Å². The summed E-state index contributed by atoms with van der Waals surface area (Å²) in [6, 6.07) is 38.3. The van der Waals surface area contributed by atoms with Gasteiger partial charge in [-0.1, -0.05) is 110 Å². The predicted molar refractivity (Wildman–Crippen MR) is 173 cm³/mol. The van der Waals surface area contributed by atoms with Gasteiger partial charge in [0.15, 0.2) is 0 Å². The zero-order valence-electron chi connectivity index (χ0n) is 23.2. The summed E-state index contributed by atoms with van der Waals surface area (Å²) in [5, 5.41) is 0. The van der Waals surface area contributed by atoms with E-state index in [1.807, 2.05) is 18.2 Å². The molecule has 2 nitrogen and oxygen atoms in total. The van der Waals surface area contributed by atoms with E-state index in [1.165, 1.54) is 16.7 Å². The van der Waals surface area contributed by atoms with E-state index in [1.54, 1.807) is 6.08 Å². The molecule has 0 aliphatic carbocycles. The normalized spacial score (nSPS) is 13.4. The summed E-state index contributed by atoms with van der Waals surface area (Å²) >= 11 is 0. The van der Waals surface area contributed by atoms with Gasteiger partial charge in [-0.05, 0) is 82.4 Å². The largest absolute Gasteiger partial charge is 0.458 e. The molecular formula is C38H29BO2. The molecule has 0 atom stereocenters. The van der Waals surface area contributed by atoms with Gasteiger partial charge >= 0.3 is 0 Å². The van der Waals surface area contributed by atoms with Crippen LogP contribution in [0.15, 0.2) is 140 Å². The fourth-order valence-corrected chi connectivity index (χ4v) is 5.94. The summed E-state index contributed by atoms with van der Waals surface area (Å²) in [5.74, 6) is 3.49. The Morgan fingerprint density at radius 1 is 0.659 bits per heavy atom. The molecule has 0 N–H and O–H groups in total. The first-order valence-corrected chi connectivity index (χ1v) is 14.0. The Morgan fingerprint density at radius 2 is 1.34 bits per heavy atom. The molecule has 0 spiro atoms. The topological polar surface area (TPSA) is 18.5 Å². The van der Waals surface area contributed by atoms with Crippen molar-refractivity contribution in [2.45, 2.75) is 13.8 Å². The van der Waals surface area contributed by atoms with Crippen molar-refractivity contribution in [1.29, 1.82) is 0 Å². The van der Waals surface area contributed by atoms with Crippen LogP contribution < -0.4 is 25.9 Å². The average Bonchev–Trinajstić information content (AvgIpc) is 3.03. The zero-order valence-corrected chi connectivity index (χ0v) is 23.2. The van der Waals surface area contributed by atoms with Gasteiger partial charge in [0.1, 0.15) is 23.0 Å². The Balaban J connectivity index is 1.43. The fraction of sp³-hybridized carbons (Fsp3) is 0.0526. The minimum atomic E-state index is 0.001000. The lowest BCUT2D eigenvalue weighted by Gasteiger charge is -2.34. The van der Waals surface area contributed by atoms with Gasteiger partial charge in [-0.25, -0.2) is 0 Å². The molecule has 7 rings (SSSR count). The SMILES string of the molecule is C=C/C=C\C(C)=C(/C)c1ccc2c(c1)Oc1c(-c3ccccc3)ccc3c1B2c1ccc(-c2ccccc2)cc1O3. The first-order chi connectivity index (χ1) is 20.1. The number of allylic oxidation sites excluding steroid dienone is 5. The first-order valence-electron chi connectivity index (χ1n) is 14.0. The number of hydrogen-bond donors (Lipinski definition) is 0. The molecular weight excluding hydrogens is 499 g/mol. The highest BCUT2D eigenvalue weighted by Crippen LogP contribution is 2.41. The van der Waals surface area contributed by atoms with Crippen LogP contribution in [0.1, 0.15) is 19.4 Å². The molecule has 0 radical (unpaired) electrons. The van der Waals surface area contributed by atoms with Crippen LogP contribution in [0.5, 0.6) is 23.0 Å². The van der Waals surface area contributed by atoms with Gasteiger partial charge in [0.25, 0.3) is 6.71 Å². The first kappa shape index (κ1) is 25.0. The van der Waals surface area contributed by atoms with Crippen molar-refractivity contribution in [2.75, 3.05) is 0 Å². The van der Waals surface area contributed by atoms with Gasteiger partial charge in [-0.3, -0.25) is 0 Å². The second kappa shape index (κ2) is 10.2. The number of rotatable bonds is 5. The molecule has 0 bridgehead atoms. The highest BCUT2D eigenvalue weighted by Gasteiger charge is 2.41. The minimum absolute atomic E-state index is 0.001000. The van der Waals surface area contributed by atoms with Crippen LogP contribution in [0, 0.1) is 0 Å². The molecule has 196 valence electrons. The Hall–Kier alpha value is -5.02. The third-order valence-electron chi connectivity index (χ3n) is 8.22. The Labute approximate surface area is 242 Å². The van der Waals surface area contributed by atoms with Crippen molar-refractivity contribution < 1.29 is 9.47 Å². The number of ether oxygens (including phenoxy) is 2. The molecule has 0 aromatic heterocycles. The molecule has 3 heteroatoms. The van der Waals surface area contributed by atoms with E-state index in [9.17, 15) is 0 Å². The van der Waals surface area contributed by atoms with Crippen LogP contribution in [-0.2, 0) is 0 Å². The molecule has 41 heavy (non-hydrogen) atoms. The van der Waals surface area contributed by atoms with E-state index in [2.05, 4.69) is 124 Å². The van der Waals surface area contributed by atoms with Crippen molar-refractivity contribution in [3.8, 4) is 45.3 Å². The lowest BCUT2D eigenvalue weighted by atomic mass is 9.34. The summed E-state index contributed by atoms with van der Waals surface area (Å²) in [6.45, 7) is 8.09. The molecule has 2 aliphatic heterocycles. The van der Waals surface area contributed by atoms with Crippen molar-refractivity contribution in [2.24, 2.45) is 0 Å². The molecule has 0 amide bonds. The molecule has 5 aromatic carbocycles. The number of fused-ring (bicyclic) bond motifs is 4. The van der Waals surface area contributed by atoms with Crippen molar-refractivity contribution in [3.05, 3.63) is 145 Å². The summed E-state index contributed by atoms with van der Waals surface area (Å²) in [6.07, 6.45) is 5.87. The third kappa shape index (κ3) is 4.31. The summed E-state index contributed by atoms with van der Waals surface area (Å²) in [5.41, 5.74) is 11.4. The minimum Gasteiger partial charge on any atom is -0.458 e. The molecule has 0 unspecified atom stereocenters. The molecule has 2 aliphatic rings. The Kier molecular flexibility index (Phi) is 6.21. The van der Waals surface area contributed by atoms with Crippen molar-refractivity contribution in [1.82, 2.24) is 0 Å². The molecule has 0 fully saturated rings. The van der Waals surface area contributed by atoms with E-state index in [0.29, 0.717) is 0 Å². The van der Waals surface area contributed by atoms with Crippen molar-refractivity contribution >= 4 is 28.7 Å². The van der Waals surface area contributed by atoms with Crippen LogP contribution >= 0.6 is 0 Å². The van der Waals surface area contributed by atoms with Gasteiger partial charge in [0, 0.05) is 11.0 Å².